The Morgan fingerprint density at radius 1 is 1.91 bits per heavy atom. The number of hydrogen-bond donors (Lipinski definition) is 1. The van der Waals surface area contributed by atoms with Crippen LogP contribution in [0, 0.1) is 0 Å². The minimum atomic E-state index is -0.468. The number of halogens is 1. The van der Waals surface area contributed by atoms with Gasteiger partial charge in [-0.3, -0.25) is 4.79 Å². The van der Waals surface area contributed by atoms with Crippen molar-refractivity contribution in [2.75, 3.05) is 12.8 Å². The quantitative estimate of drug-likeness (QED) is 0.413. The predicted molar refractivity (Wildman–Crippen MR) is 51.4 cm³/mol. The van der Waals surface area contributed by atoms with Crippen LogP contribution in [0.4, 0.5) is 0 Å². The van der Waals surface area contributed by atoms with Gasteiger partial charge in [0.05, 0.1) is 0 Å². The minimum Gasteiger partial charge on any atom is -0.332 e. The fourth-order valence-corrected chi connectivity index (χ4v) is 2.59. The molecular formula is C7H13ClNOP. The number of alkyl halides is 1. The lowest BCUT2D eigenvalue weighted by atomic mass is 10.6. The molecule has 0 bridgehead atoms. The molecule has 0 aromatic heterocycles. The van der Waals surface area contributed by atoms with E-state index in [4.69, 9.17) is 11.6 Å². The fraction of sp³-hybridized carbons (Fsp3) is 0.571. The molecule has 0 heterocycles. The molecule has 2 unspecified atom stereocenters. The third kappa shape index (κ3) is 6.33. The summed E-state index contributed by atoms with van der Waals surface area (Å²) in [4.78, 5) is 10.7. The molecule has 0 aromatic rings. The molecule has 4 heteroatoms. The van der Waals surface area contributed by atoms with Crippen molar-refractivity contribution in [2.45, 2.75) is 12.3 Å². The average Bonchev–Trinajstić information content (AvgIpc) is 1.85. The van der Waals surface area contributed by atoms with Gasteiger partial charge in [0.15, 0.2) is 0 Å². The van der Waals surface area contributed by atoms with Gasteiger partial charge in [0.1, 0.15) is 0 Å². The second-order valence-electron chi connectivity index (χ2n) is 2.34. The molecule has 0 rings (SSSR count). The molecule has 64 valence electrons. The largest absolute Gasteiger partial charge is 0.332 e. The second-order valence-corrected chi connectivity index (χ2v) is 5.07. The van der Waals surface area contributed by atoms with Gasteiger partial charge in [-0.15, -0.1) is 11.6 Å². The Balaban J connectivity index is 3.59. The zero-order valence-corrected chi connectivity index (χ0v) is 8.45. The summed E-state index contributed by atoms with van der Waals surface area (Å²) in [6.45, 7) is 7.26. The third-order valence-electron chi connectivity index (χ3n) is 1.01. The van der Waals surface area contributed by atoms with E-state index >= 15 is 0 Å². The van der Waals surface area contributed by atoms with Crippen LogP contribution in [0.2, 0.25) is 0 Å². The molecule has 2 nitrogen and oxygen atoms in total. The number of carbonyl (C=O) groups excluding carboxylic acids is 1. The lowest BCUT2D eigenvalue weighted by molar-refractivity contribution is -0.114. The molecule has 0 aliphatic carbocycles. The minimum absolute atomic E-state index is 0.115. The Morgan fingerprint density at radius 2 is 2.45 bits per heavy atom. The van der Waals surface area contributed by atoms with Crippen molar-refractivity contribution in [1.82, 2.24) is 5.09 Å². The molecule has 0 aliphatic heterocycles. The van der Waals surface area contributed by atoms with Gasteiger partial charge in [0.25, 0.3) is 0 Å². The van der Waals surface area contributed by atoms with Crippen LogP contribution < -0.4 is 5.09 Å². The lowest BCUT2D eigenvalue weighted by Crippen LogP contribution is -2.17. The molecule has 0 aliphatic rings. The Labute approximate surface area is 73.8 Å². The van der Waals surface area contributed by atoms with Crippen LogP contribution in [-0.2, 0) is 4.79 Å². The van der Waals surface area contributed by atoms with E-state index in [2.05, 4.69) is 11.7 Å². The molecule has 0 saturated heterocycles. The lowest BCUT2D eigenvalue weighted by Gasteiger charge is -2.13. The fourth-order valence-electron chi connectivity index (χ4n) is 0.657. The van der Waals surface area contributed by atoms with Gasteiger partial charge in [0, 0.05) is 11.5 Å². The number of carbonyl (C=O) groups is 1. The van der Waals surface area contributed by atoms with Crippen LogP contribution in [0.25, 0.3) is 0 Å². The summed E-state index contributed by atoms with van der Waals surface area (Å²) in [5.74, 6) is -0.115. The van der Waals surface area contributed by atoms with E-state index in [1.54, 1.807) is 0 Å². The average molecular weight is 194 g/mol. The van der Waals surface area contributed by atoms with Crippen LogP contribution in [0.5, 0.6) is 0 Å². The first-order valence-electron chi connectivity index (χ1n) is 3.34. The van der Waals surface area contributed by atoms with E-state index in [9.17, 15) is 4.79 Å². The van der Waals surface area contributed by atoms with Crippen LogP contribution in [0.15, 0.2) is 12.7 Å². The second kappa shape index (κ2) is 5.56. The van der Waals surface area contributed by atoms with Gasteiger partial charge in [-0.05, 0) is 27.7 Å². The van der Waals surface area contributed by atoms with Crippen molar-refractivity contribution in [3.63, 3.8) is 0 Å². The molecular weight excluding hydrogens is 181 g/mol. The topological polar surface area (TPSA) is 29.1 Å². The summed E-state index contributed by atoms with van der Waals surface area (Å²) >= 11 is 5.74. The predicted octanol–water partition coefficient (Wildman–Crippen LogP) is 1.94. The van der Waals surface area contributed by atoms with E-state index in [1.807, 2.05) is 13.6 Å². The summed E-state index contributed by atoms with van der Waals surface area (Å²) in [6, 6.07) is 0. The van der Waals surface area contributed by atoms with Crippen molar-refractivity contribution in [3.05, 3.63) is 12.7 Å². The van der Waals surface area contributed by atoms with Crippen molar-refractivity contribution in [1.29, 1.82) is 0 Å². The summed E-state index contributed by atoms with van der Waals surface area (Å²) in [6.07, 6.45) is 2.12. The maximum Gasteiger partial charge on any atom is 0.246 e. The van der Waals surface area contributed by atoms with Crippen LogP contribution >= 0.6 is 19.7 Å². The van der Waals surface area contributed by atoms with Crippen molar-refractivity contribution < 1.29 is 4.79 Å². The van der Waals surface area contributed by atoms with Crippen LogP contribution in [-0.4, -0.2) is 24.1 Å². The normalized spacial score (nSPS) is 15.2. The van der Waals surface area contributed by atoms with E-state index in [0.29, 0.717) is 0 Å². The zero-order valence-electron chi connectivity index (χ0n) is 6.80. The molecule has 0 saturated carbocycles. The van der Waals surface area contributed by atoms with Gasteiger partial charge in [-0.1, -0.05) is 6.58 Å². The first-order chi connectivity index (χ1) is 5.06. The maximum atomic E-state index is 10.7. The Morgan fingerprint density at radius 3 is 2.82 bits per heavy atom. The molecule has 1 N–H and O–H groups in total. The highest BCUT2D eigenvalue weighted by Crippen LogP contribution is 2.26. The summed E-state index contributed by atoms with van der Waals surface area (Å²) < 4.78 is 0. The molecule has 0 spiro atoms. The summed E-state index contributed by atoms with van der Waals surface area (Å²) in [5.41, 5.74) is 0. The Hall–Kier alpha value is -0.0700. The third-order valence-corrected chi connectivity index (χ3v) is 3.08. The van der Waals surface area contributed by atoms with E-state index in [0.717, 1.165) is 6.16 Å². The van der Waals surface area contributed by atoms with Crippen molar-refractivity contribution in [2.24, 2.45) is 0 Å². The number of rotatable bonds is 4. The Kier molecular flexibility index (Phi) is 5.53. The molecule has 1 amide bonds. The highest BCUT2D eigenvalue weighted by atomic mass is 35.5. The molecule has 0 aromatic carbocycles. The SMILES string of the molecule is C=CC(=O)NP(C)CC(C)Cl. The smallest absolute Gasteiger partial charge is 0.246 e. The van der Waals surface area contributed by atoms with Gasteiger partial charge in [-0.2, -0.15) is 0 Å². The molecule has 0 fully saturated rings. The van der Waals surface area contributed by atoms with Gasteiger partial charge >= 0.3 is 0 Å². The van der Waals surface area contributed by atoms with Gasteiger partial charge in [0.2, 0.25) is 5.91 Å². The molecule has 2 atom stereocenters. The first-order valence-corrected chi connectivity index (χ1v) is 5.75. The van der Waals surface area contributed by atoms with E-state index in [1.165, 1.54) is 6.08 Å². The van der Waals surface area contributed by atoms with Crippen LogP contribution in [0.1, 0.15) is 6.92 Å². The zero-order chi connectivity index (χ0) is 8.85. The van der Waals surface area contributed by atoms with Crippen molar-refractivity contribution >= 4 is 25.6 Å². The standard InChI is InChI=1S/C7H13ClNOP/c1-4-7(10)9-11(3)5-6(2)8/h4,6H,1,5H2,2-3H3,(H,9,10). The van der Waals surface area contributed by atoms with Crippen molar-refractivity contribution in [3.8, 4) is 0 Å². The summed E-state index contributed by atoms with van der Waals surface area (Å²) in [7, 11) is -0.468. The first kappa shape index (κ1) is 10.9. The molecule has 11 heavy (non-hydrogen) atoms. The van der Waals surface area contributed by atoms with Gasteiger partial charge < -0.3 is 5.09 Å². The summed E-state index contributed by atoms with van der Waals surface area (Å²) in [5, 5.41) is 2.91. The number of nitrogens with one attached hydrogen (secondary N) is 1. The highest BCUT2D eigenvalue weighted by Gasteiger charge is 2.06. The molecule has 0 radical (unpaired) electrons. The Bertz CT molecular complexity index is 149. The monoisotopic (exact) mass is 193 g/mol. The maximum absolute atomic E-state index is 10.7. The van der Waals surface area contributed by atoms with Crippen LogP contribution in [0.3, 0.4) is 0 Å². The number of amides is 1. The van der Waals surface area contributed by atoms with E-state index < -0.39 is 8.07 Å². The van der Waals surface area contributed by atoms with E-state index in [-0.39, 0.29) is 11.3 Å². The number of hydrogen-bond acceptors (Lipinski definition) is 1. The highest BCUT2D eigenvalue weighted by molar-refractivity contribution is 7.55. The van der Waals surface area contributed by atoms with Gasteiger partial charge in [-0.25, -0.2) is 0 Å².